The van der Waals surface area contributed by atoms with Crippen molar-refractivity contribution in [2.45, 2.75) is 130 Å². The Morgan fingerprint density at radius 3 is 1.94 bits per heavy atom. The van der Waals surface area contributed by atoms with Gasteiger partial charge in [0, 0.05) is 17.9 Å². The number of rotatable bonds is 6. The molecule has 4 nitrogen and oxygen atoms in total. The van der Waals surface area contributed by atoms with Crippen molar-refractivity contribution in [1.82, 2.24) is 9.88 Å². The largest absolute Gasteiger partial charge is 0.388 e. The van der Waals surface area contributed by atoms with Crippen molar-refractivity contribution in [3.8, 4) is 11.3 Å². The van der Waals surface area contributed by atoms with Crippen LogP contribution in [0.15, 0.2) is 24.3 Å². The zero-order valence-corrected chi connectivity index (χ0v) is 24.5. The molecule has 1 aromatic carbocycles. The first kappa shape index (κ1) is 28.5. The summed E-state index contributed by atoms with van der Waals surface area (Å²) in [6.07, 6.45) is 6.43. The van der Waals surface area contributed by atoms with Crippen molar-refractivity contribution < 1.29 is 9.90 Å². The molecule has 1 saturated carbocycles. The maximum absolute atomic E-state index is 13.4. The van der Waals surface area contributed by atoms with Crippen molar-refractivity contribution >= 4 is 5.91 Å². The van der Waals surface area contributed by atoms with Crippen molar-refractivity contribution in [2.75, 3.05) is 0 Å². The van der Waals surface area contributed by atoms with Gasteiger partial charge in [0.15, 0.2) is 0 Å². The predicted molar refractivity (Wildman–Crippen MR) is 152 cm³/mol. The van der Waals surface area contributed by atoms with Crippen LogP contribution in [0.4, 0.5) is 0 Å². The van der Waals surface area contributed by atoms with Gasteiger partial charge in [-0.3, -0.25) is 4.79 Å². The number of carbonyl (C=O) groups excluding carboxylic acids is 1. The number of aliphatic hydroxyl groups is 1. The molecule has 1 fully saturated rings. The average Bonchev–Trinajstić information content (AvgIpc) is 3.08. The number of aromatic nitrogens is 1. The Hall–Kier alpha value is -2.07. The number of benzene rings is 1. The second-order valence-corrected chi connectivity index (χ2v) is 13.8. The van der Waals surface area contributed by atoms with Crippen LogP contribution in [0, 0.1) is 12.8 Å². The van der Waals surface area contributed by atoms with Gasteiger partial charge in [-0.1, -0.05) is 66.9 Å². The fourth-order valence-electron chi connectivity index (χ4n) is 5.07. The number of amides is 1. The second kappa shape index (κ2) is 10.4. The number of nitrogens with one attached hydrogen (secondary N) is 1. The summed E-state index contributed by atoms with van der Waals surface area (Å²) in [5, 5.41) is 13.4. The Labute approximate surface area is 219 Å². The fourth-order valence-corrected chi connectivity index (χ4v) is 5.07. The molecule has 2 aromatic rings. The van der Waals surface area contributed by atoms with Crippen LogP contribution in [-0.2, 0) is 17.4 Å². The highest BCUT2D eigenvalue weighted by Gasteiger charge is 2.28. The Balaban J connectivity index is 2.16. The smallest absolute Gasteiger partial charge is 0.253 e. The van der Waals surface area contributed by atoms with E-state index in [-0.39, 0.29) is 22.8 Å². The van der Waals surface area contributed by atoms with Gasteiger partial charge < -0.3 is 15.0 Å². The lowest BCUT2D eigenvalue weighted by molar-refractivity contribution is 0.0408. The van der Waals surface area contributed by atoms with E-state index in [9.17, 15) is 9.90 Å². The molecule has 1 aliphatic rings. The molecule has 200 valence electrons. The number of nitrogens with zero attached hydrogens (tertiary/aromatic N) is 1. The van der Waals surface area contributed by atoms with E-state index in [0.717, 1.165) is 17.9 Å². The fraction of sp³-hybridized carbons (Fsp3) is 0.656. The van der Waals surface area contributed by atoms with Crippen molar-refractivity contribution in [3.63, 3.8) is 0 Å². The van der Waals surface area contributed by atoms with Crippen LogP contribution in [0.3, 0.4) is 0 Å². The van der Waals surface area contributed by atoms with E-state index in [2.05, 4.69) is 82.6 Å². The van der Waals surface area contributed by atoms with E-state index in [0.29, 0.717) is 11.5 Å². The van der Waals surface area contributed by atoms with Crippen molar-refractivity contribution in [1.29, 1.82) is 0 Å². The first-order chi connectivity index (χ1) is 16.5. The maximum atomic E-state index is 13.4. The number of hydrogen-bond acceptors (Lipinski definition) is 2. The van der Waals surface area contributed by atoms with E-state index >= 15 is 0 Å². The standard InChI is InChI=1S/C32H50N2O2/c1-21-27(29(35)33-22(2)32(9,10)36)19-28(34(21)20-23-14-12-11-13-15-23)24-16-25(30(3,4)5)18-26(17-24)31(6,7)8/h16-19,22-23,36H,11-15,20H2,1-10H3,(H,33,35). The molecule has 36 heavy (non-hydrogen) atoms. The molecule has 0 radical (unpaired) electrons. The lowest BCUT2D eigenvalue weighted by atomic mass is 9.79. The monoisotopic (exact) mass is 494 g/mol. The molecule has 0 spiro atoms. The molecule has 2 N–H and O–H groups in total. The molecular formula is C32H50N2O2. The number of hydrogen-bond donors (Lipinski definition) is 2. The molecule has 1 atom stereocenters. The minimum Gasteiger partial charge on any atom is -0.388 e. The van der Waals surface area contributed by atoms with Gasteiger partial charge in [-0.2, -0.15) is 0 Å². The maximum Gasteiger partial charge on any atom is 0.253 e. The van der Waals surface area contributed by atoms with E-state index in [1.807, 2.05) is 6.92 Å². The van der Waals surface area contributed by atoms with Gasteiger partial charge >= 0.3 is 0 Å². The quantitative estimate of drug-likeness (QED) is 0.436. The predicted octanol–water partition coefficient (Wildman–Crippen LogP) is 7.53. The topological polar surface area (TPSA) is 54.3 Å². The third kappa shape index (κ3) is 6.62. The molecule has 4 heteroatoms. The lowest BCUT2D eigenvalue weighted by Crippen LogP contribution is -2.47. The molecule has 0 bridgehead atoms. The Morgan fingerprint density at radius 2 is 1.47 bits per heavy atom. The van der Waals surface area contributed by atoms with Crippen LogP contribution >= 0.6 is 0 Å². The highest BCUT2D eigenvalue weighted by atomic mass is 16.3. The summed E-state index contributed by atoms with van der Waals surface area (Å²) in [7, 11) is 0. The zero-order chi connectivity index (χ0) is 27.1. The molecule has 1 aromatic heterocycles. The summed E-state index contributed by atoms with van der Waals surface area (Å²) in [6.45, 7) is 21.9. The molecular weight excluding hydrogens is 444 g/mol. The SMILES string of the molecule is Cc1c(C(=O)NC(C)C(C)(C)O)cc(-c2cc(C(C)(C)C)cc(C(C)(C)C)c2)n1CC1CCCCC1. The third-order valence-corrected chi connectivity index (χ3v) is 8.14. The van der Waals surface area contributed by atoms with E-state index < -0.39 is 5.60 Å². The first-order valence-corrected chi connectivity index (χ1v) is 13.9. The van der Waals surface area contributed by atoms with E-state index in [1.165, 1.54) is 48.8 Å². The van der Waals surface area contributed by atoms with Gasteiger partial charge in [-0.15, -0.1) is 0 Å². The Morgan fingerprint density at radius 1 is 0.944 bits per heavy atom. The zero-order valence-electron chi connectivity index (χ0n) is 24.5. The number of carbonyl (C=O) groups is 1. The minimum absolute atomic E-state index is 0.0220. The van der Waals surface area contributed by atoms with Gasteiger partial charge in [0.2, 0.25) is 0 Å². The van der Waals surface area contributed by atoms with E-state index in [1.54, 1.807) is 13.8 Å². The Kier molecular flexibility index (Phi) is 8.20. The van der Waals surface area contributed by atoms with Crippen LogP contribution in [0.5, 0.6) is 0 Å². The molecule has 0 saturated heterocycles. The van der Waals surface area contributed by atoms with Gasteiger partial charge in [-0.25, -0.2) is 0 Å². The Bertz CT molecular complexity index is 1040. The molecule has 0 aliphatic heterocycles. The summed E-state index contributed by atoms with van der Waals surface area (Å²) >= 11 is 0. The van der Waals surface area contributed by atoms with Crippen molar-refractivity contribution in [2.24, 2.45) is 5.92 Å². The van der Waals surface area contributed by atoms with Crippen LogP contribution < -0.4 is 5.32 Å². The van der Waals surface area contributed by atoms with Crippen LogP contribution in [0.25, 0.3) is 11.3 Å². The van der Waals surface area contributed by atoms with Gasteiger partial charge in [0.25, 0.3) is 5.91 Å². The summed E-state index contributed by atoms with van der Waals surface area (Å²) < 4.78 is 2.40. The molecule has 1 aliphatic carbocycles. The third-order valence-electron chi connectivity index (χ3n) is 8.14. The van der Waals surface area contributed by atoms with Gasteiger partial charge in [0.1, 0.15) is 0 Å². The molecule has 3 rings (SSSR count). The van der Waals surface area contributed by atoms with E-state index in [4.69, 9.17) is 0 Å². The second-order valence-electron chi connectivity index (χ2n) is 13.8. The average molecular weight is 495 g/mol. The molecule has 1 amide bonds. The van der Waals surface area contributed by atoms with Gasteiger partial charge in [-0.05, 0) is 92.2 Å². The van der Waals surface area contributed by atoms with Crippen LogP contribution in [0.2, 0.25) is 0 Å². The summed E-state index contributed by atoms with van der Waals surface area (Å²) in [5.74, 6) is 0.525. The molecule has 1 unspecified atom stereocenters. The lowest BCUT2D eigenvalue weighted by Gasteiger charge is -2.27. The summed E-state index contributed by atoms with van der Waals surface area (Å²) in [4.78, 5) is 13.4. The summed E-state index contributed by atoms with van der Waals surface area (Å²) in [5.41, 5.74) is 5.70. The normalized spacial score (nSPS) is 16.8. The van der Waals surface area contributed by atoms with Gasteiger partial charge in [0.05, 0.1) is 17.2 Å². The highest BCUT2D eigenvalue weighted by Crippen LogP contribution is 2.37. The van der Waals surface area contributed by atoms with Crippen LogP contribution in [-0.4, -0.2) is 27.2 Å². The molecule has 1 heterocycles. The highest BCUT2D eigenvalue weighted by molar-refractivity contribution is 5.97. The first-order valence-electron chi connectivity index (χ1n) is 13.9. The minimum atomic E-state index is -0.986. The summed E-state index contributed by atoms with van der Waals surface area (Å²) in [6, 6.07) is 8.72. The van der Waals surface area contributed by atoms with Crippen LogP contribution in [0.1, 0.15) is 122 Å². The van der Waals surface area contributed by atoms with Crippen molar-refractivity contribution in [3.05, 3.63) is 46.6 Å².